The molecule has 3 aromatic rings. The summed E-state index contributed by atoms with van der Waals surface area (Å²) in [6.45, 7) is 1.72. The van der Waals surface area contributed by atoms with Crippen molar-refractivity contribution in [3.63, 3.8) is 0 Å². The van der Waals surface area contributed by atoms with Crippen LogP contribution in [0.4, 0.5) is 14.9 Å². The van der Waals surface area contributed by atoms with Crippen LogP contribution in [0.3, 0.4) is 0 Å². The Hall–Kier alpha value is -3.22. The molecule has 6 nitrogen and oxygen atoms in total. The predicted molar refractivity (Wildman–Crippen MR) is 98.8 cm³/mol. The number of anilines is 1. The molecule has 1 aromatic carbocycles. The minimum atomic E-state index is -1.14. The number of pyridine rings is 2. The highest BCUT2D eigenvalue weighted by atomic mass is 19.1. The van der Waals surface area contributed by atoms with Gasteiger partial charge < -0.3 is 15.3 Å². The molecule has 0 saturated carbocycles. The number of nitrogens with zero attached hydrogens (tertiary/aromatic N) is 3. The normalized spacial score (nSPS) is 12.0. The Labute approximate surface area is 150 Å². The minimum absolute atomic E-state index is 0.362. The predicted octanol–water partition coefficient (Wildman–Crippen LogP) is 3.83. The van der Waals surface area contributed by atoms with Gasteiger partial charge in [-0.25, -0.2) is 14.2 Å². The van der Waals surface area contributed by atoms with Crippen LogP contribution < -0.4 is 10.2 Å². The molecule has 26 heavy (non-hydrogen) atoms. The van der Waals surface area contributed by atoms with Crippen molar-refractivity contribution >= 4 is 22.7 Å². The minimum Gasteiger partial charge on any atom is -0.465 e. The molecule has 0 saturated heterocycles. The maximum Gasteiger partial charge on any atom is 0.405 e. The molecule has 0 radical (unpaired) electrons. The van der Waals surface area contributed by atoms with Crippen LogP contribution in [0.1, 0.15) is 18.7 Å². The fraction of sp³-hybridized carbons (Fsp3) is 0.211. The average Bonchev–Trinajstić information content (AvgIpc) is 2.60. The summed E-state index contributed by atoms with van der Waals surface area (Å²) in [6, 6.07) is 9.26. The van der Waals surface area contributed by atoms with Gasteiger partial charge in [-0.15, -0.1) is 0 Å². The van der Waals surface area contributed by atoms with Crippen LogP contribution in [0, 0.1) is 5.82 Å². The van der Waals surface area contributed by atoms with Gasteiger partial charge in [-0.3, -0.25) is 4.98 Å². The summed E-state index contributed by atoms with van der Waals surface area (Å²) in [7, 11) is 3.70. The van der Waals surface area contributed by atoms with Gasteiger partial charge in [0.25, 0.3) is 0 Å². The molecule has 1 amide bonds. The van der Waals surface area contributed by atoms with Crippen molar-refractivity contribution in [1.29, 1.82) is 0 Å². The number of benzene rings is 1. The highest BCUT2D eigenvalue weighted by Gasteiger charge is 2.23. The molecule has 2 heterocycles. The first-order chi connectivity index (χ1) is 12.4. The maximum absolute atomic E-state index is 13.9. The smallest absolute Gasteiger partial charge is 0.405 e. The van der Waals surface area contributed by atoms with Gasteiger partial charge in [0, 0.05) is 31.2 Å². The summed E-state index contributed by atoms with van der Waals surface area (Å²) < 4.78 is 13.9. The number of carboxylic acid groups (broad SMARTS) is 1. The number of hydrogen-bond acceptors (Lipinski definition) is 4. The van der Waals surface area contributed by atoms with E-state index in [9.17, 15) is 9.18 Å². The molecule has 3 rings (SSSR count). The molecule has 1 atom stereocenters. The molecule has 0 aliphatic carbocycles. The molecule has 1 unspecified atom stereocenters. The van der Waals surface area contributed by atoms with Crippen molar-refractivity contribution in [3.05, 3.63) is 54.1 Å². The Bertz CT molecular complexity index is 961. The first kappa shape index (κ1) is 17.6. The lowest BCUT2D eigenvalue weighted by Gasteiger charge is -2.24. The number of fused-ring (bicyclic) bond motifs is 1. The van der Waals surface area contributed by atoms with E-state index in [0.717, 1.165) is 5.69 Å². The third kappa shape index (κ3) is 3.28. The summed E-state index contributed by atoms with van der Waals surface area (Å²) in [5, 5.41) is 12.2. The van der Waals surface area contributed by atoms with E-state index in [1.165, 1.54) is 12.1 Å². The van der Waals surface area contributed by atoms with Crippen molar-refractivity contribution in [2.75, 3.05) is 19.0 Å². The summed E-state index contributed by atoms with van der Waals surface area (Å²) in [5.74, 6) is -0.362. The quantitative estimate of drug-likeness (QED) is 0.744. The van der Waals surface area contributed by atoms with Gasteiger partial charge in [0.15, 0.2) is 0 Å². The molecular weight excluding hydrogens is 335 g/mol. The molecule has 0 fully saturated rings. The van der Waals surface area contributed by atoms with Crippen LogP contribution in [0.15, 0.2) is 42.6 Å². The lowest BCUT2D eigenvalue weighted by Crippen LogP contribution is -2.26. The first-order valence-corrected chi connectivity index (χ1v) is 8.10. The van der Waals surface area contributed by atoms with Crippen molar-refractivity contribution < 1.29 is 14.3 Å². The molecule has 2 N–H and O–H groups in total. The second-order valence-corrected chi connectivity index (χ2v) is 6.16. The van der Waals surface area contributed by atoms with E-state index >= 15 is 0 Å². The van der Waals surface area contributed by atoms with Gasteiger partial charge in [-0.2, -0.15) is 0 Å². The summed E-state index contributed by atoms with van der Waals surface area (Å²) in [5.41, 5.74) is 3.18. The lowest BCUT2D eigenvalue weighted by molar-refractivity contribution is 0.190. The fourth-order valence-electron chi connectivity index (χ4n) is 3.03. The standard InChI is InChI=1S/C19H19FN4O2/c1-11(22-19(25)26)17-16(15-6-4-5-9-21-15)18(24(2)3)13-10-12(20)7-8-14(13)23-17/h4-11,22H,1-3H3,(H,25,26). The van der Waals surface area contributed by atoms with E-state index in [1.807, 2.05) is 31.1 Å². The first-order valence-electron chi connectivity index (χ1n) is 8.10. The van der Waals surface area contributed by atoms with Crippen LogP contribution in [-0.2, 0) is 0 Å². The number of rotatable bonds is 4. The zero-order valence-electron chi connectivity index (χ0n) is 14.7. The van der Waals surface area contributed by atoms with Crippen LogP contribution in [0.25, 0.3) is 22.2 Å². The lowest BCUT2D eigenvalue weighted by atomic mass is 9.98. The zero-order valence-corrected chi connectivity index (χ0v) is 14.7. The Kier molecular flexibility index (Phi) is 4.71. The Morgan fingerprint density at radius 3 is 2.65 bits per heavy atom. The van der Waals surface area contributed by atoms with Crippen LogP contribution in [-0.4, -0.2) is 35.3 Å². The van der Waals surface area contributed by atoms with E-state index < -0.39 is 12.1 Å². The molecule has 0 aliphatic heterocycles. The van der Waals surface area contributed by atoms with E-state index in [1.54, 1.807) is 25.3 Å². The summed E-state index contributed by atoms with van der Waals surface area (Å²) >= 11 is 0. The number of hydrogen-bond donors (Lipinski definition) is 2. The number of amides is 1. The van der Waals surface area contributed by atoms with Crippen molar-refractivity contribution in [2.24, 2.45) is 0 Å². The van der Waals surface area contributed by atoms with E-state index in [2.05, 4.69) is 15.3 Å². The van der Waals surface area contributed by atoms with Gasteiger partial charge in [-0.05, 0) is 37.3 Å². The molecule has 2 aromatic heterocycles. The Morgan fingerprint density at radius 1 is 1.27 bits per heavy atom. The van der Waals surface area contributed by atoms with Gasteiger partial charge >= 0.3 is 6.09 Å². The summed E-state index contributed by atoms with van der Waals surface area (Å²) in [6.07, 6.45) is 0.515. The third-order valence-electron chi connectivity index (χ3n) is 4.07. The van der Waals surface area contributed by atoms with Crippen molar-refractivity contribution in [2.45, 2.75) is 13.0 Å². The topological polar surface area (TPSA) is 78.3 Å². The van der Waals surface area contributed by atoms with E-state index in [4.69, 9.17) is 5.11 Å². The SMILES string of the molecule is CC(NC(=O)O)c1nc2ccc(F)cc2c(N(C)C)c1-c1ccccn1. The number of carbonyl (C=O) groups is 1. The van der Waals surface area contributed by atoms with Gasteiger partial charge in [0.05, 0.1) is 28.6 Å². The maximum atomic E-state index is 13.9. The highest BCUT2D eigenvalue weighted by Crippen LogP contribution is 2.39. The monoisotopic (exact) mass is 354 g/mol. The van der Waals surface area contributed by atoms with E-state index in [-0.39, 0.29) is 5.82 Å². The van der Waals surface area contributed by atoms with Gasteiger partial charge in [0.2, 0.25) is 0 Å². The number of halogens is 1. The van der Waals surface area contributed by atoms with Gasteiger partial charge in [0.1, 0.15) is 5.82 Å². The molecular formula is C19H19FN4O2. The Morgan fingerprint density at radius 2 is 2.04 bits per heavy atom. The number of aromatic nitrogens is 2. The second-order valence-electron chi connectivity index (χ2n) is 6.16. The second kappa shape index (κ2) is 6.95. The Balaban J connectivity index is 2.41. The average molecular weight is 354 g/mol. The fourth-order valence-corrected chi connectivity index (χ4v) is 3.03. The molecule has 0 spiro atoms. The highest BCUT2D eigenvalue weighted by molar-refractivity contribution is 6.00. The number of nitrogens with one attached hydrogen (secondary N) is 1. The van der Waals surface area contributed by atoms with Crippen molar-refractivity contribution in [3.8, 4) is 11.3 Å². The van der Waals surface area contributed by atoms with Crippen molar-refractivity contribution in [1.82, 2.24) is 15.3 Å². The molecule has 0 aliphatic rings. The van der Waals surface area contributed by atoms with E-state index in [0.29, 0.717) is 27.9 Å². The molecule has 134 valence electrons. The molecule has 0 bridgehead atoms. The molecule has 7 heteroatoms. The van der Waals surface area contributed by atoms with Crippen LogP contribution >= 0.6 is 0 Å². The largest absolute Gasteiger partial charge is 0.465 e. The van der Waals surface area contributed by atoms with Gasteiger partial charge in [-0.1, -0.05) is 6.07 Å². The summed E-state index contributed by atoms with van der Waals surface area (Å²) in [4.78, 5) is 22.0. The zero-order chi connectivity index (χ0) is 18.8. The third-order valence-corrected chi connectivity index (χ3v) is 4.07. The van der Waals surface area contributed by atoms with Crippen LogP contribution in [0.2, 0.25) is 0 Å². The van der Waals surface area contributed by atoms with Crippen LogP contribution in [0.5, 0.6) is 0 Å².